The topological polar surface area (TPSA) is 43.4 Å². The molecule has 204 valence electrons. The van der Waals surface area contributed by atoms with E-state index in [1.54, 1.807) is 5.57 Å². The summed E-state index contributed by atoms with van der Waals surface area (Å²) in [5.41, 5.74) is 2.05. The summed E-state index contributed by atoms with van der Waals surface area (Å²) in [7, 11) is 0. The summed E-state index contributed by atoms with van der Waals surface area (Å²) >= 11 is 0. The predicted octanol–water partition coefficient (Wildman–Crippen LogP) is 8.99. The van der Waals surface area contributed by atoms with Gasteiger partial charge in [-0.25, -0.2) is 0 Å². The molecule has 1 unspecified atom stereocenters. The number of ketones is 1. The van der Waals surface area contributed by atoms with Crippen molar-refractivity contribution < 1.29 is 14.3 Å². The maximum atomic E-state index is 12.6. The van der Waals surface area contributed by atoms with E-state index >= 15 is 0 Å². The van der Waals surface area contributed by atoms with Crippen LogP contribution < -0.4 is 0 Å². The van der Waals surface area contributed by atoms with Crippen LogP contribution in [0.4, 0.5) is 0 Å². The van der Waals surface area contributed by atoms with Gasteiger partial charge in [0.15, 0.2) is 0 Å². The predicted molar refractivity (Wildman–Crippen MR) is 148 cm³/mol. The van der Waals surface area contributed by atoms with Crippen LogP contribution in [0.3, 0.4) is 0 Å². The second kappa shape index (κ2) is 12.2. The zero-order valence-electron chi connectivity index (χ0n) is 23.9. The first-order chi connectivity index (χ1) is 17.3. The quantitative estimate of drug-likeness (QED) is 0.153. The molecule has 3 nitrogen and oxygen atoms in total. The second-order valence-corrected chi connectivity index (χ2v) is 13.5. The summed E-state index contributed by atoms with van der Waals surface area (Å²) in [5, 5.41) is 0. The van der Waals surface area contributed by atoms with Crippen molar-refractivity contribution in [2.45, 2.75) is 149 Å². The van der Waals surface area contributed by atoms with Crippen LogP contribution in [0.1, 0.15) is 143 Å². The molecule has 4 rings (SSSR count). The fourth-order valence-electron chi connectivity index (χ4n) is 9.22. The van der Waals surface area contributed by atoms with Crippen LogP contribution in [0.25, 0.3) is 0 Å². The molecule has 0 aromatic rings. The summed E-state index contributed by atoms with van der Waals surface area (Å²) in [6.45, 7) is 9.02. The summed E-state index contributed by atoms with van der Waals surface area (Å²) < 4.78 is 6.00. The highest BCUT2D eigenvalue weighted by Gasteiger charge is 2.59. The number of esters is 1. The van der Waals surface area contributed by atoms with Gasteiger partial charge in [-0.1, -0.05) is 83.8 Å². The first-order valence-corrected chi connectivity index (χ1v) is 15.7. The number of unbranched alkanes of at least 4 members (excludes halogenated alkanes) is 8. The average Bonchev–Trinajstić information content (AvgIpc) is 3.21. The molecule has 0 amide bonds. The zero-order chi connectivity index (χ0) is 25.8. The standard InChI is InChI=1S/C33H54O3/c1-5-6-7-8-9-10-11-12-13-14-31(35)36-26-19-21-32(3)25(23-26)15-16-27-29-18-17-28(24(2)34)33(29,4)22-20-30(27)32/h15,26-30H,5-14,16-23H2,1-4H3/t26?,27-,28+,29-,30-,32-,33+/m0/s1. The Balaban J connectivity index is 1.23. The number of hydrogen-bond acceptors (Lipinski definition) is 3. The molecule has 3 heteroatoms. The third-order valence-electron chi connectivity index (χ3n) is 11.3. The Labute approximate surface area is 221 Å². The highest BCUT2D eigenvalue weighted by Crippen LogP contribution is 2.66. The number of carbonyl (C=O) groups excluding carboxylic acids is 2. The molecule has 0 aliphatic heterocycles. The van der Waals surface area contributed by atoms with Crippen molar-refractivity contribution in [1.29, 1.82) is 0 Å². The Morgan fingerprint density at radius 1 is 0.889 bits per heavy atom. The van der Waals surface area contributed by atoms with Crippen molar-refractivity contribution in [3.63, 3.8) is 0 Å². The van der Waals surface area contributed by atoms with Gasteiger partial charge in [0.25, 0.3) is 0 Å². The lowest BCUT2D eigenvalue weighted by Gasteiger charge is -2.58. The van der Waals surface area contributed by atoms with Crippen molar-refractivity contribution in [2.75, 3.05) is 0 Å². The van der Waals surface area contributed by atoms with Gasteiger partial charge in [0.05, 0.1) is 0 Å². The minimum absolute atomic E-state index is 0.0236. The first-order valence-electron chi connectivity index (χ1n) is 15.7. The normalized spacial score (nSPS) is 37.4. The Bertz CT molecular complexity index is 799. The third-order valence-corrected chi connectivity index (χ3v) is 11.3. The smallest absolute Gasteiger partial charge is 0.306 e. The largest absolute Gasteiger partial charge is 0.462 e. The molecular weight excluding hydrogens is 444 g/mol. The molecule has 4 aliphatic rings. The highest BCUT2D eigenvalue weighted by molar-refractivity contribution is 5.79. The van der Waals surface area contributed by atoms with Gasteiger partial charge in [-0.2, -0.15) is 0 Å². The van der Waals surface area contributed by atoms with E-state index in [0.717, 1.165) is 50.4 Å². The van der Waals surface area contributed by atoms with Crippen LogP contribution in [0, 0.1) is 34.5 Å². The van der Waals surface area contributed by atoms with Crippen molar-refractivity contribution >= 4 is 11.8 Å². The van der Waals surface area contributed by atoms with Crippen LogP contribution in [0.5, 0.6) is 0 Å². The Kier molecular flexibility index (Phi) is 9.43. The molecule has 4 aliphatic carbocycles. The van der Waals surface area contributed by atoms with Gasteiger partial charge in [0, 0.05) is 18.8 Å². The number of hydrogen-bond donors (Lipinski definition) is 0. The fourth-order valence-corrected chi connectivity index (χ4v) is 9.22. The van der Waals surface area contributed by atoms with Gasteiger partial charge in [0.2, 0.25) is 0 Å². The van der Waals surface area contributed by atoms with E-state index in [9.17, 15) is 9.59 Å². The second-order valence-electron chi connectivity index (χ2n) is 13.5. The van der Waals surface area contributed by atoms with E-state index in [2.05, 4.69) is 26.8 Å². The molecule has 0 aromatic heterocycles. The molecular formula is C33H54O3. The molecule has 36 heavy (non-hydrogen) atoms. The molecule has 0 heterocycles. The van der Waals surface area contributed by atoms with E-state index in [1.165, 1.54) is 70.6 Å². The maximum Gasteiger partial charge on any atom is 0.306 e. The van der Waals surface area contributed by atoms with Crippen LogP contribution >= 0.6 is 0 Å². The van der Waals surface area contributed by atoms with Gasteiger partial charge in [-0.15, -0.1) is 0 Å². The summed E-state index contributed by atoms with van der Waals surface area (Å²) in [6.07, 6.45) is 23.8. The number of rotatable bonds is 12. The monoisotopic (exact) mass is 498 g/mol. The van der Waals surface area contributed by atoms with Gasteiger partial charge in [-0.3, -0.25) is 9.59 Å². The first kappa shape index (κ1) is 27.9. The maximum absolute atomic E-state index is 12.6. The molecule has 3 fully saturated rings. The highest BCUT2D eigenvalue weighted by atomic mass is 16.5. The van der Waals surface area contributed by atoms with Crippen LogP contribution in [0.15, 0.2) is 11.6 Å². The van der Waals surface area contributed by atoms with E-state index in [1.807, 2.05) is 6.92 Å². The number of fused-ring (bicyclic) bond motifs is 5. The van der Waals surface area contributed by atoms with Crippen molar-refractivity contribution in [3.05, 3.63) is 11.6 Å². The third kappa shape index (κ3) is 5.80. The van der Waals surface area contributed by atoms with Crippen molar-refractivity contribution in [3.8, 4) is 0 Å². The molecule has 3 saturated carbocycles. The van der Waals surface area contributed by atoms with E-state index in [0.29, 0.717) is 18.1 Å². The van der Waals surface area contributed by atoms with E-state index in [4.69, 9.17) is 4.74 Å². The Morgan fingerprint density at radius 3 is 2.28 bits per heavy atom. The number of allylic oxidation sites excluding steroid dienone is 1. The fraction of sp³-hybridized carbons (Fsp3) is 0.879. The lowest BCUT2D eigenvalue weighted by atomic mass is 9.47. The zero-order valence-corrected chi connectivity index (χ0v) is 23.9. The van der Waals surface area contributed by atoms with Crippen molar-refractivity contribution in [1.82, 2.24) is 0 Å². The van der Waals surface area contributed by atoms with Crippen LogP contribution in [-0.2, 0) is 14.3 Å². The lowest BCUT2D eigenvalue weighted by Crippen LogP contribution is -2.51. The molecule has 0 aromatic carbocycles. The minimum Gasteiger partial charge on any atom is -0.462 e. The van der Waals surface area contributed by atoms with Crippen LogP contribution in [0.2, 0.25) is 0 Å². The van der Waals surface area contributed by atoms with E-state index in [-0.39, 0.29) is 28.8 Å². The summed E-state index contributed by atoms with van der Waals surface area (Å²) in [5.74, 6) is 2.89. The molecule has 0 saturated heterocycles. The molecule has 0 radical (unpaired) electrons. The van der Waals surface area contributed by atoms with Crippen molar-refractivity contribution in [2.24, 2.45) is 34.5 Å². The molecule has 7 atom stereocenters. The average molecular weight is 499 g/mol. The van der Waals surface area contributed by atoms with Crippen LogP contribution in [-0.4, -0.2) is 17.9 Å². The number of carbonyl (C=O) groups is 2. The number of Topliss-reactive ketones (excluding diaryl/α,β-unsaturated/α-hetero) is 1. The van der Waals surface area contributed by atoms with Gasteiger partial charge >= 0.3 is 5.97 Å². The van der Waals surface area contributed by atoms with Gasteiger partial charge in [0.1, 0.15) is 11.9 Å². The summed E-state index contributed by atoms with van der Waals surface area (Å²) in [6, 6.07) is 0. The van der Waals surface area contributed by atoms with Gasteiger partial charge < -0.3 is 4.74 Å². The van der Waals surface area contributed by atoms with E-state index < -0.39 is 0 Å². The van der Waals surface area contributed by atoms with Gasteiger partial charge in [-0.05, 0) is 86.9 Å². The lowest BCUT2D eigenvalue weighted by molar-refractivity contribution is -0.151. The molecule has 0 bridgehead atoms. The Morgan fingerprint density at radius 2 is 1.58 bits per heavy atom. The number of ether oxygens (including phenoxy) is 1. The molecule has 0 N–H and O–H groups in total. The molecule has 0 spiro atoms. The summed E-state index contributed by atoms with van der Waals surface area (Å²) in [4.78, 5) is 24.9. The minimum atomic E-state index is 0.0236. The SMILES string of the molecule is CCCCCCCCCCCC(=O)OC1CC[C@@]2(C)C(=CC[C@H]3[C@@H]4CC[C@H](C(C)=O)[C@@]4(C)CC[C@@H]32)C1. The Hall–Kier alpha value is -1.12.